The molecule has 16 heavy (non-hydrogen) atoms. The van der Waals surface area contributed by atoms with Crippen molar-refractivity contribution < 1.29 is 9.90 Å². The minimum Gasteiger partial charge on any atom is -0.478 e. The molecule has 4 heteroatoms. The second-order valence-corrected chi connectivity index (χ2v) is 3.72. The van der Waals surface area contributed by atoms with Crippen molar-refractivity contribution in [1.29, 1.82) is 0 Å². The zero-order valence-electron chi connectivity index (χ0n) is 8.18. The molecule has 3 nitrogen and oxygen atoms in total. The van der Waals surface area contributed by atoms with Gasteiger partial charge in [-0.25, -0.2) is 9.78 Å². The summed E-state index contributed by atoms with van der Waals surface area (Å²) in [6.07, 6.45) is 0. The van der Waals surface area contributed by atoms with E-state index in [1.807, 2.05) is 5.38 Å². The lowest BCUT2D eigenvalue weighted by Crippen LogP contribution is -1.94. The van der Waals surface area contributed by atoms with E-state index in [4.69, 9.17) is 5.11 Å². The lowest BCUT2D eigenvalue weighted by molar-refractivity contribution is 0.0697. The van der Waals surface area contributed by atoms with Crippen molar-refractivity contribution in [2.75, 3.05) is 0 Å². The van der Waals surface area contributed by atoms with Crippen LogP contribution in [0.15, 0.2) is 35.2 Å². The van der Waals surface area contributed by atoms with Crippen LogP contribution in [0.4, 0.5) is 0 Å². The Labute approximate surface area is 96.4 Å². The van der Waals surface area contributed by atoms with E-state index in [1.165, 1.54) is 23.5 Å². The molecule has 2 rings (SSSR count). The molecule has 0 radical (unpaired) electrons. The second kappa shape index (κ2) is 4.60. The van der Waals surface area contributed by atoms with Crippen LogP contribution in [0.1, 0.15) is 21.6 Å². The minimum absolute atomic E-state index is 0.263. The number of rotatable bonds is 1. The third-order valence-electron chi connectivity index (χ3n) is 1.90. The highest BCUT2D eigenvalue weighted by atomic mass is 32.1. The third kappa shape index (κ3) is 2.47. The smallest absolute Gasteiger partial charge is 0.335 e. The normalized spacial score (nSPS) is 9.25. The molecule has 2 aromatic rings. The Kier molecular flexibility index (Phi) is 2.99. The lowest BCUT2D eigenvalue weighted by atomic mass is 10.1. The Morgan fingerprint density at radius 2 is 2.00 bits per heavy atom. The molecule has 0 saturated carbocycles. The van der Waals surface area contributed by atoms with E-state index in [0.29, 0.717) is 0 Å². The molecule has 0 saturated heterocycles. The number of hydrogen-bond acceptors (Lipinski definition) is 3. The molecular formula is C12H7NO2S. The monoisotopic (exact) mass is 229 g/mol. The average molecular weight is 229 g/mol. The molecule has 0 spiro atoms. The van der Waals surface area contributed by atoms with Crippen molar-refractivity contribution in [3.8, 4) is 11.8 Å². The molecular weight excluding hydrogens is 222 g/mol. The maximum atomic E-state index is 10.6. The van der Waals surface area contributed by atoms with Crippen LogP contribution >= 0.6 is 11.3 Å². The summed E-state index contributed by atoms with van der Waals surface area (Å²) in [4.78, 5) is 14.6. The first kappa shape index (κ1) is 10.4. The number of hydrogen-bond donors (Lipinski definition) is 1. The van der Waals surface area contributed by atoms with Crippen molar-refractivity contribution in [2.24, 2.45) is 0 Å². The Morgan fingerprint density at radius 3 is 2.56 bits per heavy atom. The molecule has 0 bridgehead atoms. The number of carboxylic acids is 1. The van der Waals surface area contributed by atoms with Crippen LogP contribution in [-0.2, 0) is 0 Å². The first-order chi connectivity index (χ1) is 7.75. The average Bonchev–Trinajstić information content (AvgIpc) is 2.80. The zero-order chi connectivity index (χ0) is 11.4. The minimum atomic E-state index is -0.931. The number of benzene rings is 1. The number of carboxylic acid groups (broad SMARTS) is 1. The van der Waals surface area contributed by atoms with Gasteiger partial charge in [0.2, 0.25) is 0 Å². The molecule has 78 valence electrons. The summed E-state index contributed by atoms with van der Waals surface area (Å²) in [5.41, 5.74) is 3.49. The molecule has 1 heterocycles. The maximum absolute atomic E-state index is 10.6. The van der Waals surface area contributed by atoms with Crippen molar-refractivity contribution >= 4 is 17.3 Å². The Balaban J connectivity index is 2.20. The van der Waals surface area contributed by atoms with Crippen LogP contribution in [0, 0.1) is 11.8 Å². The summed E-state index contributed by atoms with van der Waals surface area (Å²) >= 11 is 1.49. The Hall–Kier alpha value is -2.12. The van der Waals surface area contributed by atoms with Crippen molar-refractivity contribution in [3.63, 3.8) is 0 Å². The standard InChI is InChI=1S/C12H7NO2S/c14-12(15)10-4-1-9(2-5-10)3-6-11-7-16-8-13-11/h1-2,4-5,7-8H,(H,14,15). The van der Waals surface area contributed by atoms with E-state index >= 15 is 0 Å². The zero-order valence-corrected chi connectivity index (χ0v) is 8.99. The first-order valence-corrected chi connectivity index (χ1v) is 5.43. The van der Waals surface area contributed by atoms with E-state index < -0.39 is 5.97 Å². The van der Waals surface area contributed by atoms with Gasteiger partial charge < -0.3 is 5.11 Å². The fourth-order valence-corrected chi connectivity index (χ4v) is 1.59. The number of nitrogens with zero attached hydrogens (tertiary/aromatic N) is 1. The van der Waals surface area contributed by atoms with Gasteiger partial charge in [0.15, 0.2) is 0 Å². The van der Waals surface area contributed by atoms with Crippen LogP contribution in [0.3, 0.4) is 0 Å². The van der Waals surface area contributed by atoms with Crippen LogP contribution in [0.25, 0.3) is 0 Å². The molecule has 0 aliphatic rings. The number of carbonyl (C=O) groups is 1. The largest absolute Gasteiger partial charge is 0.478 e. The number of aromatic carboxylic acids is 1. The lowest BCUT2D eigenvalue weighted by Gasteiger charge is -1.93. The fourth-order valence-electron chi connectivity index (χ4n) is 1.11. The van der Waals surface area contributed by atoms with E-state index in [9.17, 15) is 4.79 Å². The quantitative estimate of drug-likeness (QED) is 0.763. The van der Waals surface area contributed by atoms with Gasteiger partial charge in [-0.15, -0.1) is 11.3 Å². The molecule has 1 N–H and O–H groups in total. The van der Waals surface area contributed by atoms with Crippen LogP contribution in [-0.4, -0.2) is 16.1 Å². The summed E-state index contributed by atoms with van der Waals surface area (Å²) in [5.74, 6) is 4.87. The summed E-state index contributed by atoms with van der Waals surface area (Å²) in [7, 11) is 0. The maximum Gasteiger partial charge on any atom is 0.335 e. The molecule has 0 fully saturated rings. The number of aromatic nitrogens is 1. The topological polar surface area (TPSA) is 50.2 Å². The van der Waals surface area contributed by atoms with E-state index in [-0.39, 0.29) is 5.56 Å². The third-order valence-corrected chi connectivity index (χ3v) is 2.49. The van der Waals surface area contributed by atoms with Gasteiger partial charge in [-0.3, -0.25) is 0 Å². The molecule has 0 amide bonds. The van der Waals surface area contributed by atoms with E-state index in [1.54, 1.807) is 17.6 Å². The van der Waals surface area contributed by atoms with Crippen molar-refractivity contribution in [3.05, 3.63) is 52.0 Å². The van der Waals surface area contributed by atoms with Gasteiger partial charge in [0, 0.05) is 10.9 Å². The van der Waals surface area contributed by atoms with Gasteiger partial charge in [0.1, 0.15) is 5.69 Å². The predicted octanol–water partition coefficient (Wildman–Crippen LogP) is 2.24. The molecule has 0 unspecified atom stereocenters. The Morgan fingerprint density at radius 1 is 1.25 bits per heavy atom. The second-order valence-electron chi connectivity index (χ2n) is 3.01. The van der Waals surface area contributed by atoms with Crippen molar-refractivity contribution in [2.45, 2.75) is 0 Å². The van der Waals surface area contributed by atoms with Gasteiger partial charge >= 0.3 is 5.97 Å². The SMILES string of the molecule is O=C(O)c1ccc(C#Cc2cscn2)cc1. The fraction of sp³-hybridized carbons (Fsp3) is 0. The first-order valence-electron chi connectivity index (χ1n) is 4.49. The summed E-state index contributed by atoms with van der Waals surface area (Å²) in [6.45, 7) is 0. The van der Waals surface area contributed by atoms with Gasteiger partial charge in [0.05, 0.1) is 11.1 Å². The molecule has 1 aromatic carbocycles. The van der Waals surface area contributed by atoms with Crippen LogP contribution in [0.2, 0.25) is 0 Å². The summed E-state index contributed by atoms with van der Waals surface area (Å²) < 4.78 is 0. The van der Waals surface area contributed by atoms with Gasteiger partial charge in [0.25, 0.3) is 0 Å². The highest BCUT2D eigenvalue weighted by Gasteiger charge is 1.99. The molecule has 0 aliphatic heterocycles. The Bertz CT molecular complexity index is 547. The molecule has 0 aliphatic carbocycles. The van der Waals surface area contributed by atoms with Crippen molar-refractivity contribution in [1.82, 2.24) is 4.98 Å². The van der Waals surface area contributed by atoms with E-state index in [2.05, 4.69) is 16.8 Å². The number of thiazole rings is 1. The predicted molar refractivity (Wildman–Crippen MR) is 61.5 cm³/mol. The van der Waals surface area contributed by atoms with Gasteiger partial charge in [-0.1, -0.05) is 5.92 Å². The summed E-state index contributed by atoms with van der Waals surface area (Å²) in [5, 5.41) is 10.6. The molecule has 1 aromatic heterocycles. The highest BCUT2D eigenvalue weighted by Crippen LogP contribution is 2.04. The van der Waals surface area contributed by atoms with E-state index in [0.717, 1.165) is 11.3 Å². The summed E-state index contributed by atoms with van der Waals surface area (Å²) in [6, 6.07) is 6.44. The highest BCUT2D eigenvalue weighted by molar-refractivity contribution is 7.07. The van der Waals surface area contributed by atoms with Crippen LogP contribution in [0.5, 0.6) is 0 Å². The van der Waals surface area contributed by atoms with Gasteiger partial charge in [-0.2, -0.15) is 0 Å². The van der Waals surface area contributed by atoms with Gasteiger partial charge in [-0.05, 0) is 30.2 Å². The van der Waals surface area contributed by atoms with Crippen LogP contribution < -0.4 is 0 Å². The molecule has 0 atom stereocenters.